The number of halogens is 3. The molecule has 0 spiro atoms. The Bertz CT molecular complexity index is 872. The molecular weight excluding hydrogens is 405 g/mol. The van der Waals surface area contributed by atoms with E-state index in [0.29, 0.717) is 13.0 Å². The van der Waals surface area contributed by atoms with E-state index in [1.165, 1.54) is 6.08 Å². The molecule has 1 aromatic rings. The van der Waals surface area contributed by atoms with Crippen LogP contribution in [0.4, 0.5) is 13.2 Å². The van der Waals surface area contributed by atoms with Crippen molar-refractivity contribution in [3.05, 3.63) is 58.9 Å². The van der Waals surface area contributed by atoms with E-state index in [9.17, 15) is 22.8 Å². The minimum atomic E-state index is -1.23. The van der Waals surface area contributed by atoms with E-state index in [4.69, 9.17) is 0 Å². The van der Waals surface area contributed by atoms with Crippen molar-refractivity contribution in [1.82, 2.24) is 9.80 Å². The van der Waals surface area contributed by atoms with E-state index in [1.807, 2.05) is 23.9 Å². The summed E-state index contributed by atoms with van der Waals surface area (Å²) < 4.78 is 42.7. The van der Waals surface area contributed by atoms with Crippen LogP contribution in [0, 0.1) is 28.8 Å². The second-order valence-electron chi connectivity index (χ2n) is 9.47. The first-order valence-corrected chi connectivity index (χ1v) is 10.2. The van der Waals surface area contributed by atoms with Crippen LogP contribution in [0.2, 0.25) is 0 Å². The largest absolute Gasteiger partial charge is 0.308 e. The molecule has 0 saturated carbocycles. The summed E-state index contributed by atoms with van der Waals surface area (Å²) in [5, 5.41) is 0. The number of nitrogens with zero attached hydrogens (tertiary/aromatic N) is 2. The Morgan fingerprint density at radius 1 is 1.13 bits per heavy atom. The molecule has 31 heavy (non-hydrogen) atoms. The van der Waals surface area contributed by atoms with Crippen molar-refractivity contribution in [3.63, 3.8) is 0 Å². The van der Waals surface area contributed by atoms with E-state index < -0.39 is 23.4 Å². The number of Topliss-reactive ketones (excluding diaryl/α,β-unsaturated/α-hetero) is 1. The molecule has 1 aliphatic rings. The Kier molecular flexibility index (Phi) is 8.37. The fraction of sp³-hybridized carbons (Fsp3) is 0.500. The minimum Gasteiger partial charge on any atom is -0.308 e. The van der Waals surface area contributed by atoms with Crippen molar-refractivity contribution in [2.45, 2.75) is 39.8 Å². The van der Waals surface area contributed by atoms with Crippen LogP contribution >= 0.6 is 0 Å². The van der Waals surface area contributed by atoms with Crippen molar-refractivity contribution in [3.8, 4) is 0 Å². The summed E-state index contributed by atoms with van der Waals surface area (Å²) in [6.45, 7) is 6.69. The molecule has 0 heterocycles. The van der Waals surface area contributed by atoms with Gasteiger partial charge in [0.05, 0.1) is 11.5 Å². The lowest BCUT2D eigenvalue weighted by molar-refractivity contribution is -0.118. The number of hydrogen-bond donors (Lipinski definition) is 0. The molecule has 2 rings (SSSR count). The first-order chi connectivity index (χ1) is 14.4. The topological polar surface area (TPSA) is 40.6 Å². The van der Waals surface area contributed by atoms with Crippen LogP contribution in [-0.4, -0.2) is 55.1 Å². The Morgan fingerprint density at radius 2 is 1.77 bits per heavy atom. The van der Waals surface area contributed by atoms with Gasteiger partial charge in [0.2, 0.25) is 6.29 Å². The second kappa shape index (κ2) is 10.4. The maximum Gasteiger partial charge on any atom is 0.237 e. The number of benzene rings is 1. The van der Waals surface area contributed by atoms with Crippen LogP contribution in [0.5, 0.6) is 0 Å². The SMILES string of the molecule is CN(C)C[C@H](CC(C)(C)C)N(Cc1c(F)ccc(F)c1F)CC1C=CC=C([C]=O)C1=O. The van der Waals surface area contributed by atoms with Gasteiger partial charge < -0.3 is 4.90 Å². The predicted molar refractivity (Wildman–Crippen MR) is 115 cm³/mol. The summed E-state index contributed by atoms with van der Waals surface area (Å²) in [4.78, 5) is 27.5. The highest BCUT2D eigenvalue weighted by Gasteiger charge is 2.32. The highest BCUT2D eigenvalue weighted by atomic mass is 19.2. The highest BCUT2D eigenvalue weighted by Crippen LogP contribution is 2.28. The third-order valence-corrected chi connectivity index (χ3v) is 5.19. The normalized spacial score (nSPS) is 17.9. The summed E-state index contributed by atoms with van der Waals surface area (Å²) in [5.41, 5.74) is -0.537. The Hall–Kier alpha value is -2.25. The zero-order valence-electron chi connectivity index (χ0n) is 18.7. The molecule has 1 radical (unpaired) electrons. The predicted octanol–water partition coefficient (Wildman–Crippen LogP) is 4.06. The van der Waals surface area contributed by atoms with Gasteiger partial charge in [0, 0.05) is 31.2 Å². The fourth-order valence-electron chi connectivity index (χ4n) is 3.83. The first kappa shape index (κ1) is 25.0. The van der Waals surface area contributed by atoms with Gasteiger partial charge in [-0.3, -0.25) is 14.5 Å². The third kappa shape index (κ3) is 6.87. The van der Waals surface area contributed by atoms with Gasteiger partial charge in [-0.05, 0) is 44.1 Å². The molecule has 0 aliphatic heterocycles. The smallest absolute Gasteiger partial charge is 0.237 e. The molecule has 1 aromatic carbocycles. The number of carbonyl (C=O) groups is 1. The van der Waals surface area contributed by atoms with Crippen LogP contribution in [0.25, 0.3) is 0 Å². The van der Waals surface area contributed by atoms with Gasteiger partial charge in [-0.1, -0.05) is 32.9 Å². The maximum atomic E-state index is 14.5. The second-order valence-corrected chi connectivity index (χ2v) is 9.47. The Balaban J connectivity index is 2.44. The van der Waals surface area contributed by atoms with Gasteiger partial charge in [-0.2, -0.15) is 0 Å². The average molecular weight is 436 g/mol. The molecule has 1 aliphatic carbocycles. The lowest BCUT2D eigenvalue weighted by Crippen LogP contribution is -2.47. The van der Waals surface area contributed by atoms with Crippen LogP contribution in [0.3, 0.4) is 0 Å². The lowest BCUT2D eigenvalue weighted by Gasteiger charge is -2.38. The summed E-state index contributed by atoms with van der Waals surface area (Å²) in [6, 6.07) is 1.49. The Morgan fingerprint density at radius 3 is 2.35 bits per heavy atom. The molecule has 169 valence electrons. The standard InChI is InChI=1S/C24H30F3N2O2/c1-24(2,3)11-18(13-28(4)5)29(12-16-7-6-8-17(15-30)23(16)31)14-19-20(25)9-10-21(26)22(19)27/h6-10,16,18H,11-14H2,1-5H3/t16?,18-/m0/s1. The van der Waals surface area contributed by atoms with Gasteiger partial charge in [-0.15, -0.1) is 0 Å². The fourth-order valence-corrected chi connectivity index (χ4v) is 3.83. The van der Waals surface area contributed by atoms with Gasteiger partial charge in [-0.25, -0.2) is 13.2 Å². The van der Waals surface area contributed by atoms with Crippen molar-refractivity contribution < 1.29 is 22.8 Å². The van der Waals surface area contributed by atoms with Crippen molar-refractivity contribution in [1.29, 1.82) is 0 Å². The van der Waals surface area contributed by atoms with Gasteiger partial charge in [0.15, 0.2) is 17.4 Å². The van der Waals surface area contributed by atoms with Crippen LogP contribution < -0.4 is 0 Å². The van der Waals surface area contributed by atoms with E-state index in [2.05, 4.69) is 20.8 Å². The summed E-state index contributed by atoms with van der Waals surface area (Å²) >= 11 is 0. The number of allylic oxidation sites excluding steroid dienone is 3. The quantitative estimate of drug-likeness (QED) is 0.433. The number of rotatable bonds is 9. The molecule has 0 fully saturated rings. The van der Waals surface area contributed by atoms with Gasteiger partial charge in [0.25, 0.3) is 0 Å². The van der Waals surface area contributed by atoms with E-state index in [1.54, 1.807) is 18.4 Å². The molecule has 0 N–H and O–H groups in total. The van der Waals surface area contributed by atoms with Crippen LogP contribution in [0.15, 0.2) is 35.9 Å². The molecule has 0 saturated heterocycles. The number of carbonyl (C=O) groups excluding carboxylic acids is 2. The van der Waals surface area contributed by atoms with Crippen molar-refractivity contribution >= 4 is 12.1 Å². The zero-order valence-corrected chi connectivity index (χ0v) is 18.7. The lowest BCUT2D eigenvalue weighted by atomic mass is 9.86. The van der Waals surface area contributed by atoms with Crippen LogP contribution in [-0.2, 0) is 16.1 Å². The molecule has 7 heteroatoms. The molecule has 0 amide bonds. The molecular formula is C24H30F3N2O2. The number of ketones is 1. The Labute approximate surface area is 182 Å². The molecule has 1 unspecified atom stereocenters. The zero-order chi connectivity index (χ0) is 23.3. The molecule has 0 bridgehead atoms. The average Bonchev–Trinajstić information content (AvgIpc) is 2.66. The summed E-state index contributed by atoms with van der Waals surface area (Å²) in [6.07, 6.45) is 7.00. The minimum absolute atomic E-state index is 0.0597. The maximum absolute atomic E-state index is 14.5. The molecule has 4 nitrogen and oxygen atoms in total. The molecule has 0 aromatic heterocycles. The van der Waals surface area contributed by atoms with Crippen LogP contribution in [0.1, 0.15) is 32.8 Å². The summed E-state index contributed by atoms with van der Waals surface area (Å²) in [7, 11) is 3.79. The van der Waals surface area contributed by atoms with Crippen molar-refractivity contribution in [2.75, 3.05) is 27.2 Å². The molecule has 2 atom stereocenters. The number of hydrogen-bond acceptors (Lipinski definition) is 4. The van der Waals surface area contributed by atoms with Gasteiger partial charge >= 0.3 is 0 Å². The monoisotopic (exact) mass is 435 g/mol. The number of likely N-dealkylation sites (N-methyl/N-ethyl adjacent to an activating group) is 1. The van der Waals surface area contributed by atoms with Crippen molar-refractivity contribution in [2.24, 2.45) is 11.3 Å². The van der Waals surface area contributed by atoms with E-state index in [-0.39, 0.29) is 41.5 Å². The van der Waals surface area contributed by atoms with Gasteiger partial charge in [0.1, 0.15) is 5.82 Å². The third-order valence-electron chi connectivity index (χ3n) is 5.19. The highest BCUT2D eigenvalue weighted by molar-refractivity contribution is 6.14. The first-order valence-electron chi connectivity index (χ1n) is 10.2. The van der Waals surface area contributed by atoms with E-state index in [0.717, 1.165) is 12.1 Å². The summed E-state index contributed by atoms with van der Waals surface area (Å²) in [5.74, 6) is -4.23. The van der Waals surface area contributed by atoms with E-state index >= 15 is 0 Å².